The van der Waals surface area contributed by atoms with Crippen molar-refractivity contribution in [1.82, 2.24) is 0 Å². The molecule has 3 aromatic rings. The zero-order valence-corrected chi connectivity index (χ0v) is 16.2. The Kier molecular flexibility index (Phi) is 5.45. The van der Waals surface area contributed by atoms with Gasteiger partial charge in [0.25, 0.3) is 0 Å². The van der Waals surface area contributed by atoms with Crippen LogP contribution in [0.1, 0.15) is 39.2 Å². The molecule has 0 aliphatic rings. The summed E-state index contributed by atoms with van der Waals surface area (Å²) in [5.74, 6) is -0.541. The molecule has 0 saturated heterocycles. The van der Waals surface area contributed by atoms with E-state index in [0.29, 0.717) is 17.6 Å². The highest BCUT2D eigenvalue weighted by molar-refractivity contribution is 5.96. The Labute approximate surface area is 162 Å². The summed E-state index contributed by atoms with van der Waals surface area (Å²) in [6, 6.07) is 5.39. The third-order valence-corrected chi connectivity index (χ3v) is 4.74. The molecule has 3 rings (SSSR count). The van der Waals surface area contributed by atoms with Crippen molar-refractivity contribution in [2.45, 2.75) is 40.0 Å². The van der Waals surface area contributed by atoms with Crippen LogP contribution < -0.4 is 5.43 Å². The predicted molar refractivity (Wildman–Crippen MR) is 111 cm³/mol. The Morgan fingerprint density at radius 3 is 2.43 bits per heavy atom. The number of hydrogen-bond donors (Lipinski definition) is 3. The lowest BCUT2D eigenvalue weighted by molar-refractivity contribution is 0.452. The van der Waals surface area contributed by atoms with Crippen LogP contribution in [0, 0.1) is 0 Å². The van der Waals surface area contributed by atoms with E-state index in [-0.39, 0.29) is 33.6 Å². The lowest BCUT2D eigenvalue weighted by Gasteiger charge is -2.09. The van der Waals surface area contributed by atoms with Gasteiger partial charge in [-0.1, -0.05) is 23.3 Å². The summed E-state index contributed by atoms with van der Waals surface area (Å²) in [5.41, 5.74) is 2.85. The standard InChI is InChI=1S/C23H24O5/c1-13(2)5-4-6-14(3)7-8-16-17(25)9-10-19-21(16)23(27)22-18(26)11-15(24)12-20(22)28-19/h5,7,9-12,24-26H,4,6,8H2,1-3H3/b14-7+. The van der Waals surface area contributed by atoms with Crippen LogP contribution in [-0.2, 0) is 6.42 Å². The molecule has 146 valence electrons. The van der Waals surface area contributed by atoms with Crippen molar-refractivity contribution in [2.24, 2.45) is 0 Å². The minimum absolute atomic E-state index is 0.00534. The minimum atomic E-state index is -0.435. The van der Waals surface area contributed by atoms with Crippen LogP contribution in [-0.4, -0.2) is 15.3 Å². The predicted octanol–water partition coefficient (Wildman–Crippen LogP) is 5.30. The summed E-state index contributed by atoms with van der Waals surface area (Å²) in [5, 5.41) is 30.3. The fourth-order valence-electron chi connectivity index (χ4n) is 3.26. The maximum absolute atomic E-state index is 13.0. The van der Waals surface area contributed by atoms with E-state index in [2.05, 4.69) is 19.9 Å². The van der Waals surface area contributed by atoms with Crippen molar-refractivity contribution in [1.29, 1.82) is 0 Å². The fraction of sp³-hybridized carbons (Fsp3) is 0.261. The van der Waals surface area contributed by atoms with Gasteiger partial charge in [-0.3, -0.25) is 4.79 Å². The van der Waals surface area contributed by atoms with Crippen molar-refractivity contribution >= 4 is 21.9 Å². The van der Waals surface area contributed by atoms with Crippen molar-refractivity contribution in [3.05, 3.63) is 63.4 Å². The van der Waals surface area contributed by atoms with Gasteiger partial charge in [-0.05, 0) is 52.2 Å². The Bertz CT molecular complexity index is 1160. The van der Waals surface area contributed by atoms with Gasteiger partial charge >= 0.3 is 0 Å². The molecule has 0 spiro atoms. The normalized spacial score (nSPS) is 11.9. The Hall–Kier alpha value is -3.21. The Morgan fingerprint density at radius 2 is 1.71 bits per heavy atom. The molecule has 1 heterocycles. The molecule has 0 amide bonds. The molecule has 5 heteroatoms. The summed E-state index contributed by atoms with van der Waals surface area (Å²) in [6.45, 7) is 6.14. The highest BCUT2D eigenvalue weighted by Crippen LogP contribution is 2.33. The smallest absolute Gasteiger partial charge is 0.204 e. The number of aromatic hydroxyl groups is 3. The van der Waals surface area contributed by atoms with Gasteiger partial charge in [0.05, 0.1) is 5.39 Å². The molecule has 3 N–H and O–H groups in total. The topological polar surface area (TPSA) is 90.9 Å². The highest BCUT2D eigenvalue weighted by atomic mass is 16.3. The van der Waals surface area contributed by atoms with Crippen LogP contribution in [0.25, 0.3) is 21.9 Å². The minimum Gasteiger partial charge on any atom is -0.508 e. The number of fused-ring (bicyclic) bond motifs is 2. The van der Waals surface area contributed by atoms with Gasteiger partial charge in [-0.25, -0.2) is 0 Å². The number of benzene rings is 2. The third-order valence-electron chi connectivity index (χ3n) is 4.74. The van der Waals surface area contributed by atoms with Crippen LogP contribution >= 0.6 is 0 Å². The molecule has 2 aromatic carbocycles. The van der Waals surface area contributed by atoms with Crippen molar-refractivity contribution in [3.8, 4) is 17.2 Å². The van der Waals surface area contributed by atoms with E-state index in [0.717, 1.165) is 24.5 Å². The Balaban J connectivity index is 2.10. The monoisotopic (exact) mass is 380 g/mol. The van der Waals surface area contributed by atoms with Crippen LogP contribution in [0.2, 0.25) is 0 Å². The molecule has 0 aliphatic heterocycles. The van der Waals surface area contributed by atoms with Crippen LogP contribution in [0.15, 0.2) is 56.8 Å². The van der Waals surface area contributed by atoms with Crippen molar-refractivity contribution in [2.75, 3.05) is 0 Å². The van der Waals surface area contributed by atoms with Crippen LogP contribution in [0.3, 0.4) is 0 Å². The highest BCUT2D eigenvalue weighted by Gasteiger charge is 2.17. The maximum Gasteiger partial charge on any atom is 0.204 e. The van der Waals surface area contributed by atoms with E-state index in [9.17, 15) is 20.1 Å². The average molecular weight is 380 g/mol. The van der Waals surface area contributed by atoms with Crippen LogP contribution in [0.5, 0.6) is 17.2 Å². The molecule has 0 aliphatic carbocycles. The lowest BCUT2D eigenvalue weighted by Crippen LogP contribution is -2.06. The third kappa shape index (κ3) is 3.88. The zero-order valence-electron chi connectivity index (χ0n) is 16.2. The number of allylic oxidation sites excluding steroid dienone is 4. The average Bonchev–Trinajstić information content (AvgIpc) is 2.60. The summed E-state index contributed by atoms with van der Waals surface area (Å²) in [4.78, 5) is 13.0. The first-order valence-corrected chi connectivity index (χ1v) is 9.20. The Morgan fingerprint density at radius 1 is 0.964 bits per heavy atom. The molecule has 28 heavy (non-hydrogen) atoms. The van der Waals surface area contributed by atoms with Gasteiger partial charge in [-0.15, -0.1) is 0 Å². The van der Waals surface area contributed by atoms with Gasteiger partial charge in [-0.2, -0.15) is 0 Å². The van der Waals surface area contributed by atoms with Gasteiger partial charge in [0.2, 0.25) is 5.43 Å². The van der Waals surface area contributed by atoms with Gasteiger partial charge in [0.15, 0.2) is 0 Å². The molecule has 0 atom stereocenters. The maximum atomic E-state index is 13.0. The molecule has 1 aromatic heterocycles. The van der Waals surface area contributed by atoms with E-state index < -0.39 is 5.43 Å². The van der Waals surface area contributed by atoms with Crippen molar-refractivity contribution < 1.29 is 19.7 Å². The molecule has 0 radical (unpaired) electrons. The first kappa shape index (κ1) is 19.5. The summed E-state index contributed by atoms with van der Waals surface area (Å²) in [6.07, 6.45) is 6.38. The number of phenols is 3. The van der Waals surface area contributed by atoms with Gasteiger partial charge in [0.1, 0.15) is 33.8 Å². The molecular weight excluding hydrogens is 356 g/mol. The second kappa shape index (κ2) is 7.80. The molecule has 5 nitrogen and oxygen atoms in total. The lowest BCUT2D eigenvalue weighted by atomic mass is 10.00. The second-order valence-electron chi connectivity index (χ2n) is 7.28. The van der Waals surface area contributed by atoms with Gasteiger partial charge in [0, 0.05) is 17.7 Å². The summed E-state index contributed by atoms with van der Waals surface area (Å²) >= 11 is 0. The quantitative estimate of drug-likeness (QED) is 0.413. The first-order valence-electron chi connectivity index (χ1n) is 9.20. The van der Waals surface area contributed by atoms with Crippen LogP contribution in [0.4, 0.5) is 0 Å². The van der Waals surface area contributed by atoms with E-state index in [4.69, 9.17) is 4.42 Å². The SMILES string of the molecule is CC(C)=CCC/C(C)=C/Cc1c(O)ccc2oc3cc(O)cc(O)c3c(=O)c12. The van der Waals surface area contributed by atoms with Crippen molar-refractivity contribution in [3.63, 3.8) is 0 Å². The van der Waals surface area contributed by atoms with Gasteiger partial charge < -0.3 is 19.7 Å². The van der Waals surface area contributed by atoms with E-state index in [1.807, 2.05) is 13.0 Å². The second-order valence-corrected chi connectivity index (χ2v) is 7.28. The zero-order chi connectivity index (χ0) is 20.4. The first-order chi connectivity index (χ1) is 13.3. The number of hydrogen-bond acceptors (Lipinski definition) is 5. The van der Waals surface area contributed by atoms with E-state index in [1.165, 1.54) is 23.8 Å². The number of rotatable bonds is 5. The molecule has 0 unspecified atom stereocenters. The molecule has 0 saturated carbocycles. The molecular formula is C23H24O5. The fourth-order valence-corrected chi connectivity index (χ4v) is 3.26. The largest absolute Gasteiger partial charge is 0.508 e. The number of phenolic OH excluding ortho intramolecular Hbond substituents is 3. The molecule has 0 fully saturated rings. The van der Waals surface area contributed by atoms with E-state index >= 15 is 0 Å². The summed E-state index contributed by atoms with van der Waals surface area (Å²) < 4.78 is 5.72. The van der Waals surface area contributed by atoms with E-state index in [1.54, 1.807) is 0 Å². The molecule has 0 bridgehead atoms. The summed E-state index contributed by atoms with van der Waals surface area (Å²) in [7, 11) is 0.